The third-order valence-electron chi connectivity index (χ3n) is 2.79. The van der Waals surface area contributed by atoms with Gasteiger partial charge in [-0.05, 0) is 44.7 Å². The predicted molar refractivity (Wildman–Crippen MR) is 52.6 cm³/mol. The highest BCUT2D eigenvalue weighted by Crippen LogP contribution is 2.19. The first-order valence-corrected chi connectivity index (χ1v) is 5.31. The molecule has 0 bridgehead atoms. The largest absolute Gasteiger partial charge is 0.396 e. The van der Waals surface area contributed by atoms with Gasteiger partial charge >= 0.3 is 0 Å². The van der Waals surface area contributed by atoms with E-state index in [1.165, 1.54) is 13.0 Å². The van der Waals surface area contributed by atoms with Gasteiger partial charge in [0.2, 0.25) is 0 Å². The van der Waals surface area contributed by atoms with Crippen LogP contribution in [0, 0.1) is 5.92 Å². The van der Waals surface area contributed by atoms with Crippen molar-refractivity contribution >= 4 is 0 Å². The van der Waals surface area contributed by atoms with E-state index in [4.69, 9.17) is 10.2 Å². The van der Waals surface area contributed by atoms with E-state index in [9.17, 15) is 0 Å². The van der Waals surface area contributed by atoms with Crippen molar-refractivity contribution in [1.82, 2.24) is 4.90 Å². The fourth-order valence-corrected chi connectivity index (χ4v) is 1.98. The molecule has 1 unspecified atom stereocenters. The molecule has 0 aromatic rings. The minimum Gasteiger partial charge on any atom is -0.396 e. The van der Waals surface area contributed by atoms with Crippen LogP contribution in [0.15, 0.2) is 0 Å². The Bertz CT molecular complexity index is 130. The molecule has 3 heteroatoms. The van der Waals surface area contributed by atoms with Crippen LogP contribution in [0.25, 0.3) is 0 Å². The molecule has 0 aromatic heterocycles. The highest BCUT2D eigenvalue weighted by atomic mass is 16.3. The first-order valence-electron chi connectivity index (χ1n) is 5.31. The first kappa shape index (κ1) is 11.0. The van der Waals surface area contributed by atoms with Crippen molar-refractivity contribution in [1.29, 1.82) is 0 Å². The smallest absolute Gasteiger partial charge is 0.0434 e. The Morgan fingerprint density at radius 2 is 2.00 bits per heavy atom. The molecule has 1 aliphatic rings. The van der Waals surface area contributed by atoms with Crippen LogP contribution >= 0.6 is 0 Å². The quantitative estimate of drug-likeness (QED) is 0.594. The average Bonchev–Trinajstić information content (AvgIpc) is 2.54. The maximum Gasteiger partial charge on any atom is 0.0434 e. The third kappa shape index (κ3) is 4.07. The lowest BCUT2D eigenvalue weighted by Crippen LogP contribution is -2.22. The lowest BCUT2D eigenvalue weighted by Gasteiger charge is -2.14. The molecular formula is C10H21NO2. The van der Waals surface area contributed by atoms with Gasteiger partial charge in [0, 0.05) is 19.8 Å². The summed E-state index contributed by atoms with van der Waals surface area (Å²) in [5.74, 6) is 0.708. The molecule has 1 aliphatic heterocycles. The van der Waals surface area contributed by atoms with Gasteiger partial charge in [0.05, 0.1) is 0 Å². The molecule has 3 nitrogen and oxygen atoms in total. The zero-order chi connectivity index (χ0) is 9.52. The van der Waals surface area contributed by atoms with E-state index in [2.05, 4.69) is 4.90 Å². The predicted octanol–water partition coefficient (Wildman–Crippen LogP) is 0.463. The fourth-order valence-electron chi connectivity index (χ4n) is 1.98. The maximum absolute atomic E-state index is 8.78. The summed E-state index contributed by atoms with van der Waals surface area (Å²) in [5.41, 5.74) is 0. The van der Waals surface area contributed by atoms with E-state index in [-0.39, 0.29) is 0 Å². The van der Waals surface area contributed by atoms with E-state index in [1.807, 2.05) is 0 Å². The Hall–Kier alpha value is -0.120. The number of hydrogen-bond donors (Lipinski definition) is 2. The second-order valence-corrected chi connectivity index (χ2v) is 3.90. The Morgan fingerprint density at radius 1 is 1.15 bits per heavy atom. The van der Waals surface area contributed by atoms with Gasteiger partial charge in [-0.3, -0.25) is 0 Å². The van der Waals surface area contributed by atoms with Crippen LogP contribution in [-0.4, -0.2) is 48.0 Å². The zero-order valence-corrected chi connectivity index (χ0v) is 8.28. The lowest BCUT2D eigenvalue weighted by atomic mass is 10.1. The minimum atomic E-state index is 0.313. The Balaban J connectivity index is 2.03. The SMILES string of the molecule is OCCCCN1CCC(CCO)C1. The molecule has 0 radical (unpaired) electrons. The van der Waals surface area contributed by atoms with Crippen molar-refractivity contribution in [2.75, 3.05) is 32.8 Å². The molecule has 1 fully saturated rings. The molecular weight excluding hydrogens is 166 g/mol. The normalized spacial score (nSPS) is 24.0. The average molecular weight is 187 g/mol. The van der Waals surface area contributed by atoms with Gasteiger partial charge < -0.3 is 15.1 Å². The number of likely N-dealkylation sites (tertiary alicyclic amines) is 1. The van der Waals surface area contributed by atoms with E-state index in [0.717, 1.165) is 32.4 Å². The number of aliphatic hydroxyl groups is 2. The highest BCUT2D eigenvalue weighted by Gasteiger charge is 2.20. The monoisotopic (exact) mass is 187 g/mol. The second kappa shape index (κ2) is 6.35. The topological polar surface area (TPSA) is 43.7 Å². The van der Waals surface area contributed by atoms with Crippen LogP contribution in [0.4, 0.5) is 0 Å². The van der Waals surface area contributed by atoms with Crippen LogP contribution in [0.2, 0.25) is 0 Å². The van der Waals surface area contributed by atoms with Crippen molar-refractivity contribution in [3.8, 4) is 0 Å². The number of hydrogen-bond acceptors (Lipinski definition) is 3. The number of nitrogens with zero attached hydrogens (tertiary/aromatic N) is 1. The Morgan fingerprint density at radius 3 is 2.69 bits per heavy atom. The molecule has 1 rings (SSSR count). The number of rotatable bonds is 6. The molecule has 0 amide bonds. The second-order valence-electron chi connectivity index (χ2n) is 3.90. The summed E-state index contributed by atoms with van der Waals surface area (Å²) >= 11 is 0. The van der Waals surface area contributed by atoms with E-state index in [0.29, 0.717) is 19.1 Å². The molecule has 2 N–H and O–H groups in total. The van der Waals surface area contributed by atoms with Crippen molar-refractivity contribution in [2.24, 2.45) is 5.92 Å². The molecule has 0 saturated carbocycles. The van der Waals surface area contributed by atoms with Gasteiger partial charge in [-0.2, -0.15) is 0 Å². The summed E-state index contributed by atoms with van der Waals surface area (Å²) in [4.78, 5) is 2.44. The van der Waals surface area contributed by atoms with Crippen LogP contribution in [0.1, 0.15) is 25.7 Å². The number of unbranched alkanes of at least 4 members (excludes halogenated alkanes) is 1. The Kier molecular flexibility index (Phi) is 5.35. The van der Waals surface area contributed by atoms with Crippen molar-refractivity contribution in [3.63, 3.8) is 0 Å². The van der Waals surface area contributed by atoms with Gasteiger partial charge in [0.1, 0.15) is 0 Å². The summed E-state index contributed by atoms with van der Waals surface area (Å²) in [6.07, 6.45) is 4.21. The van der Waals surface area contributed by atoms with Gasteiger partial charge in [-0.15, -0.1) is 0 Å². The summed E-state index contributed by atoms with van der Waals surface area (Å²) in [7, 11) is 0. The van der Waals surface area contributed by atoms with Crippen LogP contribution in [0.3, 0.4) is 0 Å². The molecule has 1 saturated heterocycles. The summed E-state index contributed by atoms with van der Waals surface area (Å²) in [5, 5.41) is 17.4. The Labute approximate surface area is 80.4 Å². The lowest BCUT2D eigenvalue weighted by molar-refractivity contribution is 0.243. The summed E-state index contributed by atoms with van der Waals surface area (Å²) < 4.78 is 0. The maximum atomic E-state index is 8.78. The molecule has 1 atom stereocenters. The van der Waals surface area contributed by atoms with Crippen LogP contribution < -0.4 is 0 Å². The standard InChI is InChI=1S/C10H21NO2/c12-7-2-1-5-11-6-3-10(9-11)4-8-13/h10,12-13H,1-9H2. The molecule has 0 spiro atoms. The van der Waals surface area contributed by atoms with Gasteiger partial charge in [0.15, 0.2) is 0 Å². The molecule has 13 heavy (non-hydrogen) atoms. The highest BCUT2D eigenvalue weighted by molar-refractivity contribution is 4.74. The molecule has 78 valence electrons. The van der Waals surface area contributed by atoms with E-state index in [1.54, 1.807) is 0 Å². The van der Waals surface area contributed by atoms with E-state index < -0.39 is 0 Å². The first-order chi connectivity index (χ1) is 6.36. The van der Waals surface area contributed by atoms with E-state index >= 15 is 0 Å². The number of aliphatic hydroxyl groups excluding tert-OH is 2. The zero-order valence-electron chi connectivity index (χ0n) is 8.28. The summed E-state index contributed by atoms with van der Waals surface area (Å²) in [6, 6.07) is 0. The fraction of sp³-hybridized carbons (Fsp3) is 1.00. The molecule has 1 heterocycles. The van der Waals surface area contributed by atoms with Crippen LogP contribution in [-0.2, 0) is 0 Å². The van der Waals surface area contributed by atoms with Gasteiger partial charge in [0.25, 0.3) is 0 Å². The van der Waals surface area contributed by atoms with Crippen molar-refractivity contribution < 1.29 is 10.2 Å². The van der Waals surface area contributed by atoms with Gasteiger partial charge in [-0.25, -0.2) is 0 Å². The van der Waals surface area contributed by atoms with Crippen molar-refractivity contribution in [2.45, 2.75) is 25.7 Å². The van der Waals surface area contributed by atoms with Crippen molar-refractivity contribution in [3.05, 3.63) is 0 Å². The molecule has 0 aliphatic carbocycles. The molecule has 0 aromatic carbocycles. The van der Waals surface area contributed by atoms with Crippen LogP contribution in [0.5, 0.6) is 0 Å². The summed E-state index contributed by atoms with van der Waals surface area (Å²) in [6.45, 7) is 4.08. The van der Waals surface area contributed by atoms with Gasteiger partial charge in [-0.1, -0.05) is 0 Å². The minimum absolute atomic E-state index is 0.313. The third-order valence-corrected chi connectivity index (χ3v) is 2.79.